The normalized spacial score (nSPS) is 11.2. The summed E-state index contributed by atoms with van der Waals surface area (Å²) in [6, 6.07) is 16.1. The number of amides is 2. The maximum absolute atomic E-state index is 12.9. The monoisotopic (exact) mass is 450 g/mol. The van der Waals surface area contributed by atoms with E-state index in [4.69, 9.17) is 4.74 Å². The summed E-state index contributed by atoms with van der Waals surface area (Å²) in [7, 11) is 3.49. The second-order valence-corrected chi connectivity index (χ2v) is 8.88. The number of nitrogens with zero attached hydrogens (tertiary/aromatic N) is 3. The summed E-state index contributed by atoms with van der Waals surface area (Å²) in [5.74, 6) is 0.0389. The van der Waals surface area contributed by atoms with E-state index >= 15 is 0 Å². The number of hydrogen-bond donors (Lipinski definition) is 1. The van der Waals surface area contributed by atoms with Gasteiger partial charge >= 0.3 is 0 Å². The maximum Gasteiger partial charge on any atom is 0.295 e. The van der Waals surface area contributed by atoms with Gasteiger partial charge in [-0.3, -0.25) is 19.1 Å². The Hall–Kier alpha value is -3.81. The highest BCUT2D eigenvalue weighted by Crippen LogP contribution is 2.24. The van der Waals surface area contributed by atoms with Crippen LogP contribution in [-0.4, -0.2) is 34.8 Å². The Morgan fingerprint density at radius 3 is 2.21 bits per heavy atom. The molecule has 0 aliphatic rings. The Morgan fingerprint density at radius 1 is 1.03 bits per heavy atom. The highest BCUT2D eigenvalue weighted by atomic mass is 16.5. The second kappa shape index (κ2) is 9.36. The molecular formula is C25H30N4O4. The van der Waals surface area contributed by atoms with Gasteiger partial charge in [-0.1, -0.05) is 39.0 Å². The first-order valence-corrected chi connectivity index (χ1v) is 10.7. The number of carbonyl (C=O) groups excluding carboxylic acids is 2. The number of rotatable bonds is 6. The van der Waals surface area contributed by atoms with Gasteiger partial charge in [0.05, 0.1) is 11.4 Å². The Kier molecular flexibility index (Phi) is 6.76. The number of para-hydroxylation sites is 1. The van der Waals surface area contributed by atoms with Crippen molar-refractivity contribution in [3.05, 3.63) is 70.6 Å². The average Bonchev–Trinajstić information content (AvgIpc) is 3.00. The molecule has 1 N–H and O–H groups in total. The molecule has 174 valence electrons. The number of ether oxygens (including phenoxy) is 1. The molecule has 3 rings (SSSR count). The number of hydrogen-bond acceptors (Lipinski definition) is 4. The first-order chi connectivity index (χ1) is 15.5. The Morgan fingerprint density at radius 2 is 1.64 bits per heavy atom. The third-order valence-corrected chi connectivity index (χ3v) is 5.36. The molecule has 0 saturated carbocycles. The lowest BCUT2D eigenvalue weighted by molar-refractivity contribution is -0.125. The van der Waals surface area contributed by atoms with E-state index in [1.54, 1.807) is 54.9 Å². The zero-order valence-electron chi connectivity index (χ0n) is 19.9. The Balaban J connectivity index is 1.66. The number of anilines is 2. The quantitative estimate of drug-likeness (QED) is 0.623. The van der Waals surface area contributed by atoms with Crippen LogP contribution in [0.5, 0.6) is 5.75 Å². The Labute approximate surface area is 193 Å². The van der Waals surface area contributed by atoms with Crippen molar-refractivity contribution in [1.82, 2.24) is 9.36 Å². The molecule has 2 amide bonds. The molecule has 0 fully saturated rings. The molecule has 0 atom stereocenters. The van der Waals surface area contributed by atoms with Crippen molar-refractivity contribution in [2.24, 2.45) is 12.5 Å². The fraction of sp³-hybridized carbons (Fsp3) is 0.320. The number of carbonyl (C=O) groups is 2. The van der Waals surface area contributed by atoms with Gasteiger partial charge in [0.25, 0.3) is 11.5 Å². The molecule has 8 nitrogen and oxygen atoms in total. The van der Waals surface area contributed by atoms with Crippen molar-refractivity contribution in [2.75, 3.05) is 23.9 Å². The summed E-state index contributed by atoms with van der Waals surface area (Å²) in [5.41, 5.74) is 1.48. The van der Waals surface area contributed by atoms with Crippen LogP contribution >= 0.6 is 0 Å². The lowest BCUT2D eigenvalue weighted by Gasteiger charge is -2.26. The Bertz CT molecular complexity index is 1200. The van der Waals surface area contributed by atoms with E-state index < -0.39 is 11.3 Å². The minimum atomic E-state index is -0.489. The molecule has 0 saturated heterocycles. The molecule has 0 aliphatic carbocycles. The van der Waals surface area contributed by atoms with Gasteiger partial charge in [0.2, 0.25) is 5.91 Å². The zero-order chi connectivity index (χ0) is 24.3. The summed E-state index contributed by atoms with van der Waals surface area (Å²) in [4.78, 5) is 39.4. The summed E-state index contributed by atoms with van der Waals surface area (Å²) in [6.45, 7) is 7.11. The lowest BCUT2D eigenvalue weighted by Crippen LogP contribution is -2.36. The first-order valence-electron chi connectivity index (χ1n) is 10.7. The smallest absolute Gasteiger partial charge is 0.295 e. The van der Waals surface area contributed by atoms with Crippen molar-refractivity contribution in [1.29, 1.82) is 0 Å². The third kappa shape index (κ3) is 5.16. The number of aromatic nitrogens is 2. The summed E-state index contributed by atoms with van der Waals surface area (Å²) >= 11 is 0. The topological polar surface area (TPSA) is 85.6 Å². The molecule has 0 bridgehead atoms. The van der Waals surface area contributed by atoms with E-state index in [1.165, 1.54) is 4.68 Å². The van der Waals surface area contributed by atoms with Gasteiger partial charge in [0.15, 0.2) is 6.61 Å². The van der Waals surface area contributed by atoms with Gasteiger partial charge in [-0.05, 0) is 43.3 Å². The average molecular weight is 451 g/mol. The van der Waals surface area contributed by atoms with Gasteiger partial charge in [-0.2, -0.15) is 0 Å². The summed E-state index contributed by atoms with van der Waals surface area (Å²) < 4.78 is 8.77. The van der Waals surface area contributed by atoms with Crippen LogP contribution in [0.4, 0.5) is 11.4 Å². The fourth-order valence-corrected chi connectivity index (χ4v) is 3.42. The molecule has 8 heteroatoms. The van der Waals surface area contributed by atoms with E-state index in [1.807, 2.05) is 51.1 Å². The molecule has 0 radical (unpaired) electrons. The molecule has 2 aromatic carbocycles. The van der Waals surface area contributed by atoms with E-state index in [0.717, 1.165) is 5.69 Å². The minimum Gasteiger partial charge on any atom is -0.484 e. The predicted molar refractivity (Wildman–Crippen MR) is 129 cm³/mol. The van der Waals surface area contributed by atoms with E-state index in [9.17, 15) is 14.4 Å². The molecule has 0 unspecified atom stereocenters. The van der Waals surface area contributed by atoms with E-state index in [0.29, 0.717) is 17.1 Å². The molecule has 3 aromatic rings. The van der Waals surface area contributed by atoms with Crippen LogP contribution in [0.2, 0.25) is 0 Å². The van der Waals surface area contributed by atoms with Crippen LogP contribution in [0.15, 0.2) is 59.4 Å². The van der Waals surface area contributed by atoms with Gasteiger partial charge in [-0.15, -0.1) is 0 Å². The second-order valence-electron chi connectivity index (χ2n) is 8.88. The molecule has 0 aliphatic heterocycles. The van der Waals surface area contributed by atoms with Crippen LogP contribution in [-0.2, 0) is 16.6 Å². The van der Waals surface area contributed by atoms with Crippen LogP contribution in [0.25, 0.3) is 5.69 Å². The van der Waals surface area contributed by atoms with Crippen molar-refractivity contribution in [2.45, 2.75) is 27.7 Å². The minimum absolute atomic E-state index is 0.00469. The van der Waals surface area contributed by atoms with Crippen molar-refractivity contribution in [3.8, 4) is 11.4 Å². The van der Waals surface area contributed by atoms with Crippen LogP contribution < -0.4 is 20.5 Å². The van der Waals surface area contributed by atoms with Gasteiger partial charge in [0.1, 0.15) is 11.4 Å². The lowest BCUT2D eigenvalue weighted by atomic mass is 9.95. The van der Waals surface area contributed by atoms with Gasteiger partial charge < -0.3 is 15.0 Å². The highest BCUT2D eigenvalue weighted by Gasteiger charge is 2.25. The van der Waals surface area contributed by atoms with Crippen molar-refractivity contribution in [3.63, 3.8) is 0 Å². The highest BCUT2D eigenvalue weighted by molar-refractivity contribution is 5.96. The van der Waals surface area contributed by atoms with Crippen LogP contribution in [0.3, 0.4) is 0 Å². The zero-order valence-corrected chi connectivity index (χ0v) is 19.9. The molecule has 1 aromatic heterocycles. The standard InChI is InChI=1S/C25H30N4O4/c1-17-22(23(31)29(28(17)6)19-10-8-7-9-11-19)26-21(30)16-33-20-14-12-18(13-15-20)27(5)24(32)25(2,3)4/h7-15H,16H2,1-6H3,(H,26,30). The van der Waals surface area contributed by atoms with E-state index in [-0.39, 0.29) is 23.8 Å². The van der Waals surface area contributed by atoms with Crippen LogP contribution in [0.1, 0.15) is 26.5 Å². The number of nitrogens with one attached hydrogen (secondary N) is 1. The fourth-order valence-electron chi connectivity index (χ4n) is 3.42. The largest absolute Gasteiger partial charge is 0.484 e. The van der Waals surface area contributed by atoms with E-state index in [2.05, 4.69) is 5.32 Å². The molecule has 0 spiro atoms. The molecular weight excluding hydrogens is 420 g/mol. The third-order valence-electron chi connectivity index (χ3n) is 5.36. The van der Waals surface area contributed by atoms with Gasteiger partial charge in [-0.25, -0.2) is 4.68 Å². The summed E-state index contributed by atoms with van der Waals surface area (Å²) in [6.07, 6.45) is 0. The molecule has 33 heavy (non-hydrogen) atoms. The predicted octanol–water partition coefficient (Wildman–Crippen LogP) is 3.51. The van der Waals surface area contributed by atoms with Gasteiger partial charge in [0, 0.05) is 25.2 Å². The summed E-state index contributed by atoms with van der Waals surface area (Å²) in [5, 5.41) is 2.67. The SMILES string of the molecule is Cc1c(NC(=O)COc2ccc(N(C)C(=O)C(C)(C)C)cc2)c(=O)n(-c2ccccc2)n1C. The van der Waals surface area contributed by atoms with Crippen molar-refractivity contribution < 1.29 is 14.3 Å². The first kappa shape index (κ1) is 23.8. The van der Waals surface area contributed by atoms with Crippen molar-refractivity contribution >= 4 is 23.2 Å². The number of benzene rings is 2. The molecule has 1 heterocycles. The van der Waals surface area contributed by atoms with Crippen LogP contribution in [0, 0.1) is 12.3 Å². The maximum atomic E-state index is 12.9.